The molecule has 3 heterocycles. The van der Waals surface area contributed by atoms with Crippen molar-refractivity contribution in [2.45, 2.75) is 37.1 Å². The zero-order chi connectivity index (χ0) is 15.7. The Labute approximate surface area is 129 Å². The van der Waals surface area contributed by atoms with E-state index in [0.717, 1.165) is 19.3 Å². The third-order valence-corrected chi connectivity index (χ3v) is 6.06. The van der Waals surface area contributed by atoms with E-state index in [1.165, 1.54) is 4.68 Å². The third kappa shape index (κ3) is 2.78. The minimum Gasteiger partial charge on any atom is -0.274 e. The van der Waals surface area contributed by atoms with Crippen LogP contribution < -0.4 is 0 Å². The first kappa shape index (κ1) is 15.2. The van der Waals surface area contributed by atoms with E-state index in [1.807, 2.05) is 10.9 Å². The van der Waals surface area contributed by atoms with Crippen LogP contribution in [0.15, 0.2) is 23.5 Å². The summed E-state index contributed by atoms with van der Waals surface area (Å²) in [7, 11) is -1.75. The first-order chi connectivity index (χ1) is 10.5. The van der Waals surface area contributed by atoms with Gasteiger partial charge in [-0.05, 0) is 26.2 Å². The van der Waals surface area contributed by atoms with Crippen molar-refractivity contribution in [3.05, 3.63) is 24.3 Å². The molecule has 1 atom stereocenters. The largest absolute Gasteiger partial charge is 0.274 e. The highest BCUT2D eigenvalue weighted by Crippen LogP contribution is 2.26. The quantitative estimate of drug-likeness (QED) is 0.831. The molecule has 2 aromatic heterocycles. The molecule has 0 bridgehead atoms. The summed E-state index contributed by atoms with van der Waals surface area (Å²) in [6, 6.07) is 0.206. The number of sulfonamides is 1. The minimum atomic E-state index is -3.48. The molecule has 0 N–H and O–H groups in total. The summed E-state index contributed by atoms with van der Waals surface area (Å²) in [6.07, 6.45) is 7.51. The van der Waals surface area contributed by atoms with Crippen molar-refractivity contribution in [1.82, 2.24) is 29.1 Å². The predicted octanol–water partition coefficient (Wildman–Crippen LogP) is 0.736. The summed E-state index contributed by atoms with van der Waals surface area (Å²) in [5, 5.41) is 12.0. The Morgan fingerprint density at radius 3 is 2.73 bits per heavy atom. The molecule has 9 heteroatoms. The van der Waals surface area contributed by atoms with Crippen molar-refractivity contribution in [3.8, 4) is 0 Å². The van der Waals surface area contributed by atoms with Gasteiger partial charge in [-0.3, -0.25) is 4.68 Å². The Hall–Kier alpha value is -1.74. The lowest BCUT2D eigenvalue weighted by atomic mass is 10.1. The SMILES string of the molecule is Cc1nn(C)cc1S(=O)(=O)N1CCCC(n2ccnn2)CC1. The molecule has 0 amide bonds. The van der Waals surface area contributed by atoms with Crippen molar-refractivity contribution in [1.29, 1.82) is 0 Å². The number of hydrogen-bond donors (Lipinski definition) is 0. The summed E-state index contributed by atoms with van der Waals surface area (Å²) in [6.45, 7) is 2.74. The molecular formula is C13H20N6O2S. The molecular weight excluding hydrogens is 304 g/mol. The van der Waals surface area contributed by atoms with Gasteiger partial charge < -0.3 is 0 Å². The van der Waals surface area contributed by atoms with E-state index < -0.39 is 10.0 Å². The Bertz CT molecular complexity index is 737. The molecule has 1 fully saturated rings. The molecule has 8 nitrogen and oxygen atoms in total. The summed E-state index contributed by atoms with van der Waals surface area (Å²) < 4.78 is 30.5. The van der Waals surface area contributed by atoms with Gasteiger partial charge in [0.25, 0.3) is 0 Å². The molecule has 120 valence electrons. The topological polar surface area (TPSA) is 85.9 Å². The standard InChI is InChI=1S/C13H20N6O2S/c1-11-13(10-17(2)15-11)22(20,21)18-7-3-4-12(5-8-18)19-9-6-14-16-19/h6,9-10,12H,3-5,7-8H2,1-2H3. The number of aryl methyl sites for hydroxylation is 2. The van der Waals surface area contributed by atoms with E-state index in [4.69, 9.17) is 0 Å². The smallest absolute Gasteiger partial charge is 0.246 e. The fourth-order valence-electron chi connectivity index (χ4n) is 2.94. The predicted molar refractivity (Wildman–Crippen MR) is 79.6 cm³/mol. The van der Waals surface area contributed by atoms with Gasteiger partial charge in [-0.1, -0.05) is 5.21 Å². The summed E-state index contributed by atoms with van der Waals surface area (Å²) in [5.41, 5.74) is 0.541. The van der Waals surface area contributed by atoms with Crippen molar-refractivity contribution < 1.29 is 8.42 Å². The van der Waals surface area contributed by atoms with Crippen LogP contribution in [0.25, 0.3) is 0 Å². The lowest BCUT2D eigenvalue weighted by Gasteiger charge is -2.19. The van der Waals surface area contributed by atoms with Crippen molar-refractivity contribution in [2.75, 3.05) is 13.1 Å². The van der Waals surface area contributed by atoms with Crippen LogP contribution in [0, 0.1) is 6.92 Å². The second kappa shape index (κ2) is 5.81. The van der Waals surface area contributed by atoms with Crippen LogP contribution in [0.5, 0.6) is 0 Å². The highest BCUT2D eigenvalue weighted by Gasteiger charge is 2.30. The van der Waals surface area contributed by atoms with Crippen LogP contribution >= 0.6 is 0 Å². The van der Waals surface area contributed by atoms with Crippen molar-refractivity contribution in [3.63, 3.8) is 0 Å². The van der Waals surface area contributed by atoms with Gasteiger partial charge in [-0.2, -0.15) is 9.40 Å². The number of aromatic nitrogens is 5. The number of rotatable bonds is 3. The fourth-order valence-corrected chi connectivity index (χ4v) is 4.63. The zero-order valence-corrected chi connectivity index (χ0v) is 13.6. The van der Waals surface area contributed by atoms with Gasteiger partial charge in [0.1, 0.15) is 4.90 Å². The van der Waals surface area contributed by atoms with E-state index in [9.17, 15) is 8.42 Å². The molecule has 1 saturated heterocycles. The Kier molecular flexibility index (Phi) is 4.00. The maximum absolute atomic E-state index is 12.8. The Morgan fingerprint density at radius 2 is 2.09 bits per heavy atom. The summed E-state index contributed by atoms with van der Waals surface area (Å²) in [5.74, 6) is 0. The molecule has 0 aromatic carbocycles. The van der Waals surface area contributed by atoms with Gasteiger partial charge in [0.05, 0.1) is 17.9 Å². The van der Waals surface area contributed by atoms with Crippen molar-refractivity contribution in [2.24, 2.45) is 7.05 Å². The molecule has 0 radical (unpaired) electrons. The molecule has 3 rings (SSSR count). The van der Waals surface area contributed by atoms with Crippen LogP contribution in [-0.2, 0) is 17.1 Å². The molecule has 1 unspecified atom stereocenters. The highest BCUT2D eigenvalue weighted by molar-refractivity contribution is 7.89. The highest BCUT2D eigenvalue weighted by atomic mass is 32.2. The van der Waals surface area contributed by atoms with E-state index in [0.29, 0.717) is 23.7 Å². The third-order valence-electron chi connectivity index (χ3n) is 4.06. The van der Waals surface area contributed by atoms with Gasteiger partial charge in [0.15, 0.2) is 0 Å². The fraction of sp³-hybridized carbons (Fsp3) is 0.615. The molecule has 0 spiro atoms. The molecule has 22 heavy (non-hydrogen) atoms. The lowest BCUT2D eigenvalue weighted by Crippen LogP contribution is -2.32. The van der Waals surface area contributed by atoms with E-state index in [2.05, 4.69) is 15.4 Å². The van der Waals surface area contributed by atoms with E-state index in [1.54, 1.807) is 30.7 Å². The summed E-state index contributed by atoms with van der Waals surface area (Å²) in [4.78, 5) is 0.300. The van der Waals surface area contributed by atoms with Crippen LogP contribution in [0.3, 0.4) is 0 Å². The Balaban J connectivity index is 1.79. The van der Waals surface area contributed by atoms with Crippen LogP contribution in [0.4, 0.5) is 0 Å². The molecule has 2 aromatic rings. The monoisotopic (exact) mass is 324 g/mol. The number of nitrogens with zero attached hydrogens (tertiary/aromatic N) is 6. The minimum absolute atomic E-state index is 0.206. The van der Waals surface area contributed by atoms with Crippen LogP contribution in [0.2, 0.25) is 0 Å². The molecule has 1 aliphatic rings. The van der Waals surface area contributed by atoms with E-state index >= 15 is 0 Å². The number of hydrogen-bond acceptors (Lipinski definition) is 5. The van der Waals surface area contributed by atoms with Gasteiger partial charge in [-0.15, -0.1) is 5.10 Å². The maximum atomic E-state index is 12.8. The average Bonchev–Trinajstić information content (AvgIpc) is 3.03. The maximum Gasteiger partial charge on any atom is 0.246 e. The second-order valence-corrected chi connectivity index (χ2v) is 7.53. The lowest BCUT2D eigenvalue weighted by molar-refractivity contribution is 0.385. The van der Waals surface area contributed by atoms with Gasteiger partial charge in [0.2, 0.25) is 10.0 Å². The first-order valence-electron chi connectivity index (χ1n) is 7.34. The van der Waals surface area contributed by atoms with E-state index in [-0.39, 0.29) is 6.04 Å². The second-order valence-electron chi connectivity index (χ2n) is 5.62. The van der Waals surface area contributed by atoms with Gasteiger partial charge in [-0.25, -0.2) is 13.1 Å². The van der Waals surface area contributed by atoms with Crippen LogP contribution in [0.1, 0.15) is 31.0 Å². The Morgan fingerprint density at radius 1 is 1.27 bits per heavy atom. The van der Waals surface area contributed by atoms with Gasteiger partial charge >= 0.3 is 0 Å². The molecule has 0 aliphatic carbocycles. The first-order valence-corrected chi connectivity index (χ1v) is 8.78. The molecule has 0 saturated carbocycles. The average molecular weight is 324 g/mol. The van der Waals surface area contributed by atoms with Crippen LogP contribution in [-0.4, -0.2) is 50.6 Å². The summed E-state index contributed by atoms with van der Waals surface area (Å²) >= 11 is 0. The van der Waals surface area contributed by atoms with Crippen molar-refractivity contribution >= 4 is 10.0 Å². The zero-order valence-electron chi connectivity index (χ0n) is 12.8. The molecule has 1 aliphatic heterocycles. The normalized spacial score (nSPS) is 20.9. The van der Waals surface area contributed by atoms with Gasteiger partial charge in [0, 0.05) is 32.5 Å².